The fraction of sp³-hybridized carbons (Fsp3) is 0.455. The third-order valence-corrected chi connectivity index (χ3v) is 6.75. The Bertz CT molecular complexity index is 778. The molecule has 0 aromatic heterocycles. The summed E-state index contributed by atoms with van der Waals surface area (Å²) in [7, 11) is 0. The lowest BCUT2D eigenvalue weighted by molar-refractivity contribution is 0.173. The lowest BCUT2D eigenvalue weighted by atomic mass is 9.89. The minimum absolute atomic E-state index is 0.353. The van der Waals surface area contributed by atoms with Crippen molar-refractivity contribution in [2.75, 3.05) is 13.6 Å². The van der Waals surface area contributed by atoms with Gasteiger partial charge in [0, 0.05) is 0 Å². The maximum Gasteiger partial charge on any atom is 0.231 e. The van der Waals surface area contributed by atoms with Gasteiger partial charge in [-0.05, 0) is 84.7 Å². The van der Waals surface area contributed by atoms with Gasteiger partial charge in [0.25, 0.3) is 0 Å². The average molecular weight is 350 g/mol. The fourth-order valence-electron chi connectivity index (χ4n) is 5.49. The molecule has 0 atom stereocenters. The van der Waals surface area contributed by atoms with Gasteiger partial charge in [0.1, 0.15) is 0 Å². The van der Waals surface area contributed by atoms with E-state index < -0.39 is 0 Å². The van der Waals surface area contributed by atoms with Crippen LogP contribution in [0.5, 0.6) is 23.0 Å². The summed E-state index contributed by atoms with van der Waals surface area (Å²) in [4.78, 5) is 0. The molecule has 0 saturated heterocycles. The Hall–Kier alpha value is -2.36. The Kier molecular flexibility index (Phi) is 3.16. The molecule has 0 unspecified atom stereocenters. The second-order valence-corrected chi connectivity index (χ2v) is 8.08. The first-order valence-corrected chi connectivity index (χ1v) is 9.62. The monoisotopic (exact) mass is 350 g/mol. The van der Waals surface area contributed by atoms with E-state index in [9.17, 15) is 0 Å². The number of fused-ring (bicyclic) bond motifs is 3. The molecule has 4 nitrogen and oxygen atoms in total. The van der Waals surface area contributed by atoms with Crippen molar-refractivity contribution in [1.82, 2.24) is 0 Å². The summed E-state index contributed by atoms with van der Waals surface area (Å²) < 4.78 is 22.0. The van der Waals surface area contributed by atoms with Crippen molar-refractivity contribution < 1.29 is 18.9 Å². The molecule has 2 saturated carbocycles. The van der Waals surface area contributed by atoms with Gasteiger partial charge in [-0.15, -0.1) is 0 Å². The van der Waals surface area contributed by atoms with Crippen LogP contribution in [0.3, 0.4) is 0 Å². The molecular formula is C22H22O4. The molecule has 2 aromatic rings. The van der Waals surface area contributed by atoms with Crippen molar-refractivity contribution in [3.63, 3.8) is 0 Å². The number of hydrogen-bond donors (Lipinski definition) is 0. The van der Waals surface area contributed by atoms with Crippen LogP contribution in [0.25, 0.3) is 0 Å². The molecule has 0 radical (unpaired) electrons. The van der Waals surface area contributed by atoms with E-state index in [1.165, 1.54) is 36.8 Å². The van der Waals surface area contributed by atoms with E-state index in [0.29, 0.717) is 25.4 Å². The third kappa shape index (κ3) is 2.28. The molecule has 0 amide bonds. The summed E-state index contributed by atoms with van der Waals surface area (Å²) in [5, 5.41) is 0. The van der Waals surface area contributed by atoms with Gasteiger partial charge >= 0.3 is 0 Å². The summed E-state index contributed by atoms with van der Waals surface area (Å²) in [6.07, 6.45) is 5.19. The van der Waals surface area contributed by atoms with Gasteiger partial charge in [0.05, 0.1) is 0 Å². The molecule has 26 heavy (non-hydrogen) atoms. The molecule has 2 fully saturated rings. The van der Waals surface area contributed by atoms with Crippen molar-refractivity contribution in [2.24, 2.45) is 11.8 Å². The van der Waals surface area contributed by atoms with Gasteiger partial charge in [0.15, 0.2) is 23.0 Å². The van der Waals surface area contributed by atoms with Gasteiger partial charge in [-0.1, -0.05) is 12.1 Å². The predicted octanol–water partition coefficient (Wildman–Crippen LogP) is 4.83. The summed E-state index contributed by atoms with van der Waals surface area (Å²) in [5.41, 5.74) is 2.84. The highest BCUT2D eigenvalue weighted by molar-refractivity contribution is 5.47. The molecule has 6 rings (SSSR count). The zero-order valence-corrected chi connectivity index (χ0v) is 14.6. The molecule has 4 heteroatoms. The van der Waals surface area contributed by atoms with Crippen molar-refractivity contribution in [3.8, 4) is 23.0 Å². The van der Waals surface area contributed by atoms with Crippen molar-refractivity contribution in [1.29, 1.82) is 0 Å². The standard InChI is InChI=1S/C22H22O4/c1-3-19-21(25-11-23-19)9-13(1)15-5-17-7-16(8-18(17)6-15)14-2-4-20-22(10-14)26-12-24-20/h1-4,9-10,15-18H,5-8,11-12H2/t15?,16?,17-,18+. The van der Waals surface area contributed by atoms with Crippen LogP contribution < -0.4 is 18.9 Å². The number of hydrogen-bond acceptors (Lipinski definition) is 4. The minimum atomic E-state index is 0.353. The quantitative estimate of drug-likeness (QED) is 0.777. The third-order valence-electron chi connectivity index (χ3n) is 6.75. The molecule has 0 bridgehead atoms. The van der Waals surface area contributed by atoms with E-state index in [4.69, 9.17) is 18.9 Å². The lowest BCUT2D eigenvalue weighted by Gasteiger charge is -2.16. The maximum absolute atomic E-state index is 5.56. The molecule has 2 aliphatic heterocycles. The van der Waals surface area contributed by atoms with Crippen LogP contribution in [-0.2, 0) is 0 Å². The first kappa shape index (κ1) is 14.8. The van der Waals surface area contributed by atoms with Crippen molar-refractivity contribution >= 4 is 0 Å². The summed E-state index contributed by atoms with van der Waals surface area (Å²) in [6.45, 7) is 0.706. The van der Waals surface area contributed by atoms with Crippen LogP contribution in [0.4, 0.5) is 0 Å². The topological polar surface area (TPSA) is 36.9 Å². The van der Waals surface area contributed by atoms with E-state index in [-0.39, 0.29) is 0 Å². The Balaban J connectivity index is 1.17. The van der Waals surface area contributed by atoms with Crippen molar-refractivity contribution in [3.05, 3.63) is 47.5 Å². The number of rotatable bonds is 2. The maximum atomic E-state index is 5.56. The SMILES string of the molecule is c1cc2c(cc1C1C[C@H]3CC(c4ccc5c(c4)OCO5)C[C@H]3C1)OCO2. The molecule has 0 N–H and O–H groups in total. The van der Waals surface area contributed by atoms with Gasteiger partial charge in [-0.3, -0.25) is 0 Å². The summed E-state index contributed by atoms with van der Waals surface area (Å²) in [6, 6.07) is 13.0. The van der Waals surface area contributed by atoms with E-state index >= 15 is 0 Å². The first-order valence-electron chi connectivity index (χ1n) is 9.62. The minimum Gasteiger partial charge on any atom is -0.454 e. The number of benzene rings is 2. The van der Waals surface area contributed by atoms with E-state index in [1.54, 1.807) is 0 Å². The van der Waals surface area contributed by atoms with Gasteiger partial charge < -0.3 is 18.9 Å². The second-order valence-electron chi connectivity index (χ2n) is 8.08. The van der Waals surface area contributed by atoms with Gasteiger partial charge in [-0.2, -0.15) is 0 Å². The highest BCUT2D eigenvalue weighted by atomic mass is 16.7. The Morgan fingerprint density at radius 3 is 1.42 bits per heavy atom. The fourth-order valence-corrected chi connectivity index (χ4v) is 5.49. The highest BCUT2D eigenvalue weighted by Gasteiger charge is 2.42. The first-order chi connectivity index (χ1) is 12.8. The normalized spacial score (nSPS) is 30.6. The smallest absolute Gasteiger partial charge is 0.231 e. The molecular weight excluding hydrogens is 328 g/mol. The highest BCUT2D eigenvalue weighted by Crippen LogP contribution is 2.56. The Morgan fingerprint density at radius 1 is 0.538 bits per heavy atom. The second kappa shape index (κ2) is 5.57. The lowest BCUT2D eigenvalue weighted by Crippen LogP contribution is -2.00. The van der Waals surface area contributed by atoms with Crippen LogP contribution in [0.1, 0.15) is 48.6 Å². The Morgan fingerprint density at radius 2 is 0.962 bits per heavy atom. The molecule has 134 valence electrons. The molecule has 2 aliphatic carbocycles. The average Bonchev–Trinajstić information content (AvgIpc) is 3.41. The van der Waals surface area contributed by atoms with E-state index in [2.05, 4.69) is 36.4 Å². The Labute approximate surface area is 153 Å². The van der Waals surface area contributed by atoms with Crippen LogP contribution in [0.2, 0.25) is 0 Å². The van der Waals surface area contributed by atoms with Gasteiger partial charge in [-0.25, -0.2) is 0 Å². The zero-order valence-electron chi connectivity index (χ0n) is 14.6. The molecule has 2 heterocycles. The van der Waals surface area contributed by atoms with Crippen LogP contribution in [0, 0.1) is 11.8 Å². The zero-order chi connectivity index (χ0) is 17.1. The predicted molar refractivity (Wildman–Crippen MR) is 96.1 cm³/mol. The van der Waals surface area contributed by atoms with E-state index in [1.807, 2.05) is 0 Å². The molecule has 4 aliphatic rings. The van der Waals surface area contributed by atoms with Crippen LogP contribution in [0.15, 0.2) is 36.4 Å². The van der Waals surface area contributed by atoms with Crippen LogP contribution >= 0.6 is 0 Å². The largest absolute Gasteiger partial charge is 0.454 e. The molecule has 0 spiro atoms. The number of ether oxygens (including phenoxy) is 4. The van der Waals surface area contributed by atoms with Crippen LogP contribution in [-0.4, -0.2) is 13.6 Å². The van der Waals surface area contributed by atoms with Gasteiger partial charge in [0.2, 0.25) is 13.6 Å². The van der Waals surface area contributed by atoms with E-state index in [0.717, 1.165) is 34.8 Å². The van der Waals surface area contributed by atoms with Crippen molar-refractivity contribution in [2.45, 2.75) is 37.5 Å². The molecule has 2 aromatic carbocycles. The summed E-state index contributed by atoms with van der Waals surface area (Å²) in [5.74, 6) is 6.59. The summed E-state index contributed by atoms with van der Waals surface area (Å²) >= 11 is 0.